The van der Waals surface area contributed by atoms with Gasteiger partial charge < -0.3 is 15.5 Å². The van der Waals surface area contributed by atoms with E-state index in [0.717, 1.165) is 11.8 Å². The highest BCUT2D eigenvalue weighted by Crippen LogP contribution is 2.25. The number of nitrogens with two attached hydrogens (primary N) is 1. The Labute approximate surface area is 147 Å². The molecule has 0 aromatic heterocycles. The first-order valence-corrected chi connectivity index (χ1v) is 10.3. The number of carbonyl (C=O) groups is 2. The zero-order valence-corrected chi connectivity index (χ0v) is 15.3. The highest BCUT2D eigenvalue weighted by atomic mass is 32.2. The molecule has 3 rings (SSSR count). The van der Waals surface area contributed by atoms with Crippen molar-refractivity contribution in [3.05, 3.63) is 29.3 Å². The van der Waals surface area contributed by atoms with Crippen LogP contribution in [0.1, 0.15) is 29.3 Å². The van der Waals surface area contributed by atoms with Crippen molar-refractivity contribution in [2.75, 3.05) is 25.9 Å². The van der Waals surface area contributed by atoms with Crippen molar-refractivity contribution in [1.29, 1.82) is 0 Å². The summed E-state index contributed by atoms with van der Waals surface area (Å²) in [5, 5.41) is 0. The second-order valence-corrected chi connectivity index (χ2v) is 8.74. The summed E-state index contributed by atoms with van der Waals surface area (Å²) in [7, 11) is -3.38. The number of hydrogen-bond donors (Lipinski definition) is 1. The topological polar surface area (TPSA) is 101 Å². The first-order valence-electron chi connectivity index (χ1n) is 8.40. The van der Waals surface area contributed by atoms with Crippen LogP contribution in [0.15, 0.2) is 23.1 Å². The van der Waals surface area contributed by atoms with Crippen molar-refractivity contribution in [1.82, 2.24) is 9.80 Å². The van der Waals surface area contributed by atoms with Gasteiger partial charge in [0.1, 0.15) is 0 Å². The van der Waals surface area contributed by atoms with Crippen LogP contribution in [0.5, 0.6) is 0 Å². The molecule has 7 nitrogen and oxygen atoms in total. The van der Waals surface area contributed by atoms with Gasteiger partial charge in [-0.2, -0.15) is 0 Å². The molecule has 2 N–H and O–H groups in total. The van der Waals surface area contributed by atoms with Gasteiger partial charge in [0.05, 0.1) is 17.0 Å². The predicted molar refractivity (Wildman–Crippen MR) is 92.9 cm³/mol. The van der Waals surface area contributed by atoms with E-state index in [4.69, 9.17) is 5.73 Å². The first-order chi connectivity index (χ1) is 11.7. The second kappa shape index (κ2) is 6.42. The molecule has 2 heterocycles. The minimum atomic E-state index is -3.38. The Hall–Kier alpha value is -1.93. The molecule has 1 aromatic rings. The number of aryl methyl sites for hydroxylation is 1. The van der Waals surface area contributed by atoms with Crippen molar-refractivity contribution in [2.45, 2.75) is 36.7 Å². The molecule has 2 aliphatic rings. The van der Waals surface area contributed by atoms with Gasteiger partial charge >= 0.3 is 0 Å². The van der Waals surface area contributed by atoms with Crippen LogP contribution >= 0.6 is 0 Å². The van der Waals surface area contributed by atoms with E-state index in [1.807, 2.05) is 6.92 Å². The third-order valence-corrected chi connectivity index (χ3v) is 6.13. The maximum atomic E-state index is 13.0. The van der Waals surface area contributed by atoms with Gasteiger partial charge in [-0.25, -0.2) is 8.42 Å². The Morgan fingerprint density at radius 1 is 1.32 bits per heavy atom. The Morgan fingerprint density at radius 2 is 2.04 bits per heavy atom. The molecule has 2 fully saturated rings. The fourth-order valence-corrected chi connectivity index (χ4v) is 4.25. The van der Waals surface area contributed by atoms with E-state index in [0.29, 0.717) is 38.0 Å². The lowest BCUT2D eigenvalue weighted by atomic mass is 10.0. The molecule has 2 saturated heterocycles. The van der Waals surface area contributed by atoms with Crippen LogP contribution in [0.4, 0.5) is 0 Å². The highest BCUT2D eigenvalue weighted by Gasteiger charge is 2.41. The van der Waals surface area contributed by atoms with Crippen molar-refractivity contribution < 1.29 is 18.0 Å². The molecule has 0 bridgehead atoms. The molecule has 0 aliphatic carbocycles. The van der Waals surface area contributed by atoms with Crippen LogP contribution in [0, 0.1) is 0 Å². The summed E-state index contributed by atoms with van der Waals surface area (Å²) in [6.45, 7) is 3.26. The van der Waals surface area contributed by atoms with E-state index in [2.05, 4.69) is 0 Å². The van der Waals surface area contributed by atoms with Crippen molar-refractivity contribution in [3.8, 4) is 0 Å². The number of fused-ring (bicyclic) bond motifs is 1. The van der Waals surface area contributed by atoms with Gasteiger partial charge in [0.15, 0.2) is 9.84 Å². The Morgan fingerprint density at radius 3 is 2.68 bits per heavy atom. The summed E-state index contributed by atoms with van der Waals surface area (Å²) < 4.78 is 23.6. The fourth-order valence-electron chi connectivity index (χ4n) is 3.60. The lowest BCUT2D eigenvalue weighted by Gasteiger charge is -2.37. The molecule has 2 atom stereocenters. The quantitative estimate of drug-likeness (QED) is 0.815. The molecule has 0 spiro atoms. The molecule has 2 amide bonds. The Kier molecular flexibility index (Phi) is 4.59. The van der Waals surface area contributed by atoms with Crippen LogP contribution in [0.25, 0.3) is 0 Å². The van der Waals surface area contributed by atoms with Crippen LogP contribution < -0.4 is 5.73 Å². The van der Waals surface area contributed by atoms with Crippen LogP contribution in [-0.2, 0) is 21.1 Å². The van der Waals surface area contributed by atoms with E-state index >= 15 is 0 Å². The summed E-state index contributed by atoms with van der Waals surface area (Å²) in [5.74, 6) is -0.236. The van der Waals surface area contributed by atoms with Crippen molar-refractivity contribution in [2.24, 2.45) is 5.73 Å². The lowest BCUT2D eigenvalue weighted by molar-refractivity contribution is -0.131. The number of nitrogens with zero attached hydrogens (tertiary/aromatic N) is 2. The lowest BCUT2D eigenvalue weighted by Crippen LogP contribution is -2.53. The number of rotatable bonds is 3. The minimum Gasteiger partial charge on any atom is -0.335 e. The molecule has 2 unspecified atom stereocenters. The molecule has 1 aromatic carbocycles. The van der Waals surface area contributed by atoms with Crippen LogP contribution in [0.2, 0.25) is 0 Å². The zero-order chi connectivity index (χ0) is 18.4. The van der Waals surface area contributed by atoms with Gasteiger partial charge in [0.25, 0.3) is 5.91 Å². The number of sulfone groups is 1. The molecule has 0 radical (unpaired) electrons. The summed E-state index contributed by atoms with van der Waals surface area (Å²) >= 11 is 0. The van der Waals surface area contributed by atoms with Gasteiger partial charge in [-0.3, -0.25) is 9.59 Å². The third kappa shape index (κ3) is 3.28. The summed E-state index contributed by atoms with van der Waals surface area (Å²) in [6, 6.07) is 4.17. The maximum absolute atomic E-state index is 13.0. The van der Waals surface area contributed by atoms with E-state index in [9.17, 15) is 18.0 Å². The molecule has 25 heavy (non-hydrogen) atoms. The fraction of sp³-hybridized carbons (Fsp3) is 0.529. The molecule has 8 heteroatoms. The number of carbonyl (C=O) groups excluding carboxylic acids is 2. The smallest absolute Gasteiger partial charge is 0.254 e. The van der Waals surface area contributed by atoms with Gasteiger partial charge in [-0.15, -0.1) is 0 Å². The van der Waals surface area contributed by atoms with Crippen LogP contribution in [-0.4, -0.2) is 68.0 Å². The number of benzene rings is 1. The molecule has 2 aliphatic heterocycles. The first kappa shape index (κ1) is 17.9. The normalized spacial score (nSPS) is 23.7. The van der Waals surface area contributed by atoms with E-state index in [1.165, 1.54) is 12.1 Å². The second-order valence-electron chi connectivity index (χ2n) is 6.72. The number of amides is 2. The van der Waals surface area contributed by atoms with Gasteiger partial charge in [0, 0.05) is 31.5 Å². The van der Waals surface area contributed by atoms with Gasteiger partial charge in [-0.1, -0.05) is 13.0 Å². The van der Waals surface area contributed by atoms with E-state index < -0.39 is 15.9 Å². The van der Waals surface area contributed by atoms with Crippen molar-refractivity contribution >= 4 is 21.7 Å². The molecule has 0 saturated carbocycles. The Bertz CT molecular complexity index is 821. The number of hydrogen-bond acceptors (Lipinski definition) is 5. The predicted octanol–water partition coefficient (Wildman–Crippen LogP) is 0.0365. The molecule has 136 valence electrons. The highest BCUT2D eigenvalue weighted by molar-refractivity contribution is 7.90. The standard InChI is InChI=1S/C17H23N3O4S/c1-3-11-4-5-13(25(2,23)24)9-14(11)16(21)19-6-7-20-12(10-19)8-15(18)17(20)22/h4-5,9,12,15H,3,6-8,10,18H2,1-2H3. The third-order valence-electron chi connectivity index (χ3n) is 5.02. The van der Waals surface area contributed by atoms with E-state index in [1.54, 1.807) is 15.9 Å². The average Bonchev–Trinajstić information content (AvgIpc) is 2.86. The van der Waals surface area contributed by atoms with Crippen molar-refractivity contribution in [3.63, 3.8) is 0 Å². The largest absolute Gasteiger partial charge is 0.335 e. The monoisotopic (exact) mass is 365 g/mol. The number of piperazine rings is 1. The summed E-state index contributed by atoms with van der Waals surface area (Å²) in [4.78, 5) is 28.6. The van der Waals surface area contributed by atoms with Crippen LogP contribution in [0.3, 0.4) is 0 Å². The van der Waals surface area contributed by atoms with E-state index in [-0.39, 0.29) is 22.8 Å². The molecular weight excluding hydrogens is 342 g/mol. The van der Waals surface area contributed by atoms with Gasteiger partial charge in [-0.05, 0) is 30.5 Å². The summed E-state index contributed by atoms with van der Waals surface area (Å²) in [5.41, 5.74) is 7.06. The SMILES string of the molecule is CCc1ccc(S(C)(=O)=O)cc1C(=O)N1CCN2C(=O)C(N)CC2C1. The Balaban J connectivity index is 1.87. The van der Waals surface area contributed by atoms with Gasteiger partial charge in [0.2, 0.25) is 5.91 Å². The zero-order valence-electron chi connectivity index (χ0n) is 14.4. The summed E-state index contributed by atoms with van der Waals surface area (Å²) in [6.07, 6.45) is 2.32. The minimum absolute atomic E-state index is 0.0505. The average molecular weight is 365 g/mol. The molecular formula is C17H23N3O4S. The maximum Gasteiger partial charge on any atom is 0.254 e.